The van der Waals surface area contributed by atoms with E-state index in [9.17, 15) is 29.1 Å². The number of nitrogens with zero attached hydrogens (tertiary/aromatic N) is 2. The third kappa shape index (κ3) is 9.07. The van der Waals surface area contributed by atoms with E-state index in [4.69, 9.17) is 39.8 Å². The van der Waals surface area contributed by atoms with Gasteiger partial charge in [-0.1, -0.05) is 25.0 Å². The minimum absolute atomic E-state index is 0.0270. The number of carbonyl (C=O) groups excluding carboxylic acids is 5. The first-order chi connectivity index (χ1) is 27.2. The Labute approximate surface area is 334 Å². The molecule has 4 fully saturated rings. The molecule has 58 heavy (non-hydrogen) atoms. The Morgan fingerprint density at radius 2 is 1.60 bits per heavy atom. The van der Waals surface area contributed by atoms with E-state index in [1.54, 1.807) is 33.8 Å². The highest BCUT2D eigenvalue weighted by Crippen LogP contribution is 2.72. The number of rotatable bonds is 20. The molecule has 1 saturated heterocycles. The van der Waals surface area contributed by atoms with Crippen LogP contribution >= 0.6 is 0 Å². The Kier molecular flexibility index (Phi) is 14.3. The fourth-order valence-electron chi connectivity index (χ4n) is 10.1. The number of amides is 1. The summed E-state index contributed by atoms with van der Waals surface area (Å²) in [4.78, 5) is 74.9. The van der Waals surface area contributed by atoms with Gasteiger partial charge in [0, 0.05) is 23.2 Å². The first kappa shape index (κ1) is 45.8. The number of alkyl halides is 1. The molecular formula is C38H56FN3O16. The number of Topliss-reactive ketones (excluding diaryl/α,β-unsaturated/α-hetero) is 1. The maximum absolute atomic E-state index is 17.8. The Morgan fingerprint density at radius 1 is 0.948 bits per heavy atom. The van der Waals surface area contributed by atoms with Crippen molar-refractivity contribution in [2.75, 3.05) is 26.4 Å². The summed E-state index contributed by atoms with van der Waals surface area (Å²) in [6.45, 7) is 5.62. The number of halogens is 1. The second kappa shape index (κ2) is 18.1. The topological polar surface area (TPSA) is 260 Å². The zero-order valence-electron chi connectivity index (χ0n) is 33.2. The van der Waals surface area contributed by atoms with Crippen molar-refractivity contribution in [3.05, 3.63) is 23.8 Å². The number of allylic oxidation sites excluding steroid dienone is 4. The summed E-state index contributed by atoms with van der Waals surface area (Å²) in [5.41, 5.74) is -5.74. The van der Waals surface area contributed by atoms with Gasteiger partial charge in [0.1, 0.15) is 6.04 Å². The van der Waals surface area contributed by atoms with Gasteiger partial charge in [-0.3, -0.25) is 49.7 Å². The fourth-order valence-corrected chi connectivity index (χ4v) is 10.1. The first-order valence-corrected chi connectivity index (χ1v) is 19.7. The molecule has 0 bridgehead atoms. The molecule has 0 aromatic heterocycles. The summed E-state index contributed by atoms with van der Waals surface area (Å²) in [7, 11) is 0. The molecule has 1 amide bonds. The van der Waals surface area contributed by atoms with Crippen LogP contribution < -0.4 is 5.32 Å². The predicted molar refractivity (Wildman–Crippen MR) is 190 cm³/mol. The molecule has 5 aliphatic rings. The van der Waals surface area contributed by atoms with Gasteiger partial charge in [0.25, 0.3) is 0 Å². The van der Waals surface area contributed by atoms with Gasteiger partial charge in [-0.15, -0.1) is 0 Å². The van der Waals surface area contributed by atoms with E-state index in [1.165, 1.54) is 12.2 Å². The third-order valence-electron chi connectivity index (χ3n) is 12.6. The maximum Gasteiger partial charge on any atom is 0.329 e. The first-order valence-electron chi connectivity index (χ1n) is 19.7. The molecule has 6 N–H and O–H groups in total. The van der Waals surface area contributed by atoms with Crippen LogP contribution in [0, 0.1) is 22.7 Å². The highest BCUT2D eigenvalue weighted by atomic mass is 19.1. The van der Waals surface area contributed by atoms with Crippen LogP contribution in [0.4, 0.5) is 4.39 Å². The zero-order valence-corrected chi connectivity index (χ0v) is 33.2. The number of carbonyl (C=O) groups is 5. The monoisotopic (exact) mass is 829 g/mol. The Morgan fingerprint density at radius 3 is 2.28 bits per heavy atom. The summed E-state index contributed by atoms with van der Waals surface area (Å²) in [5.74, 6) is -6.02. The number of ether oxygens (including phenoxy) is 4. The van der Waals surface area contributed by atoms with Crippen LogP contribution in [0.3, 0.4) is 0 Å². The molecule has 19 nitrogen and oxygen atoms in total. The summed E-state index contributed by atoms with van der Waals surface area (Å²) < 4.78 is 41.2. The molecule has 0 aromatic carbocycles. The molecule has 1 heterocycles. The number of aliphatic hydroxyl groups excluding tert-OH is 1. The van der Waals surface area contributed by atoms with Crippen LogP contribution in [0.1, 0.15) is 98.3 Å². The highest BCUT2D eigenvalue weighted by Gasteiger charge is 2.80. The number of aliphatic hydroxyl groups is 1. The molecular weight excluding hydrogens is 773 g/mol. The van der Waals surface area contributed by atoms with E-state index in [0.717, 1.165) is 0 Å². The maximum atomic E-state index is 17.8. The quantitative estimate of drug-likeness (QED) is 0.0586. The van der Waals surface area contributed by atoms with Crippen molar-refractivity contribution in [2.24, 2.45) is 22.7 Å². The van der Waals surface area contributed by atoms with Gasteiger partial charge in [-0.2, -0.15) is 0 Å². The lowest BCUT2D eigenvalue weighted by Gasteiger charge is -2.62. The van der Waals surface area contributed by atoms with Crippen LogP contribution in [0.2, 0.25) is 0 Å². The molecule has 326 valence electrons. The van der Waals surface area contributed by atoms with Crippen molar-refractivity contribution in [3.63, 3.8) is 0 Å². The van der Waals surface area contributed by atoms with Crippen molar-refractivity contribution in [1.29, 1.82) is 0 Å². The number of fused-ring (bicyclic) bond motifs is 7. The highest BCUT2D eigenvalue weighted by molar-refractivity contribution is 6.01. The molecule has 0 spiro atoms. The van der Waals surface area contributed by atoms with Crippen LogP contribution in [0.5, 0.6) is 0 Å². The van der Waals surface area contributed by atoms with E-state index in [2.05, 4.69) is 15.0 Å². The van der Waals surface area contributed by atoms with E-state index in [-0.39, 0.29) is 57.7 Å². The van der Waals surface area contributed by atoms with Gasteiger partial charge in [0.05, 0.1) is 49.2 Å². The average Bonchev–Trinajstić information content (AvgIpc) is 3.55. The van der Waals surface area contributed by atoms with Gasteiger partial charge >= 0.3 is 11.9 Å². The van der Waals surface area contributed by atoms with Crippen LogP contribution in [-0.4, -0.2) is 128 Å². The van der Waals surface area contributed by atoms with Gasteiger partial charge in [-0.25, -0.2) is 9.18 Å². The van der Waals surface area contributed by atoms with Gasteiger partial charge in [0.2, 0.25) is 11.7 Å². The Hall–Kier alpha value is -3.28. The third-order valence-corrected chi connectivity index (χ3v) is 12.6. The van der Waals surface area contributed by atoms with E-state index >= 15 is 4.39 Å². The molecule has 5 rings (SSSR count). The largest absolute Gasteiger partial charge is 0.464 e. The van der Waals surface area contributed by atoms with Gasteiger partial charge < -0.3 is 29.4 Å². The molecule has 2 unspecified atom stereocenters. The number of ketones is 2. The average molecular weight is 830 g/mol. The van der Waals surface area contributed by atoms with Gasteiger partial charge in [-0.05, 0) is 90.2 Å². The van der Waals surface area contributed by atoms with E-state index in [0.29, 0.717) is 37.7 Å². The van der Waals surface area contributed by atoms with Crippen LogP contribution in [0.25, 0.3) is 0 Å². The number of hydrogen-bond donors (Lipinski definition) is 6. The standard InChI is InChI=1S/C38H56FN3O16/c1-34(2)57-30-19-26-25-12-11-23-18-24(43)13-14-35(23,3)37(25,39)28(44)21-36(26,4)38(30,58-34)29(45)22-54-32(47)20-27(33(48)53-15-8-9-17-56-42(51)52)40-31(46)10-6-5-7-16-55-41(49)50/h13-14,18,25-28,30,44,49-52H,5-12,15-17,19-22H2,1-4H3,(H,40,46)/t25-,26-,27?,28-,30+,35-,36-,37?,38+/m0/s1. The molecule has 4 aliphatic carbocycles. The van der Waals surface area contributed by atoms with Crippen molar-refractivity contribution in [2.45, 2.75) is 134 Å². The van der Waals surface area contributed by atoms with Crippen molar-refractivity contribution >= 4 is 29.4 Å². The lowest BCUT2D eigenvalue weighted by molar-refractivity contribution is -0.492. The van der Waals surface area contributed by atoms with Crippen LogP contribution in [-0.2, 0) is 52.6 Å². The predicted octanol–water partition coefficient (Wildman–Crippen LogP) is 2.75. The van der Waals surface area contributed by atoms with Gasteiger partial charge in [0.15, 0.2) is 29.4 Å². The van der Waals surface area contributed by atoms with Crippen molar-refractivity contribution in [1.82, 2.24) is 16.1 Å². The summed E-state index contributed by atoms with van der Waals surface area (Å²) in [6.07, 6.45) is 3.49. The number of nitrogens with one attached hydrogen (secondary N) is 1. The number of hydrogen-bond acceptors (Lipinski definition) is 18. The van der Waals surface area contributed by atoms with E-state index < -0.39 is 105 Å². The Bertz CT molecular complexity index is 1620. The summed E-state index contributed by atoms with van der Waals surface area (Å²) >= 11 is 0. The lowest BCUT2D eigenvalue weighted by atomic mass is 9.44. The Balaban J connectivity index is 1.27. The molecule has 20 heteroatoms. The minimum atomic E-state index is -2.17. The SMILES string of the molecule is CC1(C)O[C@@H]2C[C@H]3[C@@H]4CCC5=CC(=O)C=C[C@]5(C)C4(F)[C@@H](O)C[C@]3(C)[C@]2(C(=O)COC(=O)CC(NC(=O)CCCCCON(O)O)C(=O)OCCCCON(O)O)O1. The smallest absolute Gasteiger partial charge is 0.329 e. The lowest BCUT2D eigenvalue weighted by Crippen LogP contribution is -2.70. The van der Waals surface area contributed by atoms with Crippen molar-refractivity contribution < 1.29 is 82.9 Å². The van der Waals surface area contributed by atoms with Crippen LogP contribution in [0.15, 0.2) is 23.8 Å². The zero-order chi connectivity index (χ0) is 42.7. The normalized spacial score (nSPS) is 33.8. The molecule has 0 aromatic rings. The second-order valence-electron chi connectivity index (χ2n) is 16.6. The van der Waals surface area contributed by atoms with Crippen molar-refractivity contribution in [3.8, 4) is 0 Å². The molecule has 9 atom stereocenters. The fraction of sp³-hybridized carbons (Fsp3) is 0.763. The van der Waals surface area contributed by atoms with E-state index in [1.807, 2.05) is 0 Å². The summed E-state index contributed by atoms with van der Waals surface area (Å²) in [6, 6.07) is -1.51. The summed E-state index contributed by atoms with van der Waals surface area (Å²) in [5, 5.41) is 47.9. The number of unbranched alkanes of at least 4 members (excludes halogenated alkanes) is 3. The molecule has 3 saturated carbocycles. The second-order valence-corrected chi connectivity index (χ2v) is 16.6. The minimum Gasteiger partial charge on any atom is -0.464 e. The number of esters is 2. The molecule has 0 radical (unpaired) electrons. The molecule has 1 aliphatic heterocycles.